The number of rotatable bonds is 13. The lowest BCUT2D eigenvalue weighted by Gasteiger charge is -2.17. The summed E-state index contributed by atoms with van der Waals surface area (Å²) in [6, 6.07) is -0.511. The topological polar surface area (TPSA) is 166 Å². The van der Waals surface area contributed by atoms with Gasteiger partial charge in [0.1, 0.15) is 11.5 Å². The van der Waals surface area contributed by atoms with Crippen LogP contribution in [0.5, 0.6) is 5.75 Å². The highest BCUT2D eigenvalue weighted by Gasteiger charge is 2.19. The van der Waals surface area contributed by atoms with E-state index in [-0.39, 0.29) is 24.5 Å². The molecule has 0 saturated carbocycles. The van der Waals surface area contributed by atoms with Crippen molar-refractivity contribution >= 4 is 19.6 Å². The molecule has 0 aromatic carbocycles. The highest BCUT2D eigenvalue weighted by molar-refractivity contribution is 7.46. The minimum Gasteiger partial charge on any atom is -0.506 e. The number of carbonyl (C=O) groups is 2. The van der Waals surface area contributed by atoms with Crippen LogP contribution < -0.4 is 5.32 Å². The lowest BCUT2D eigenvalue weighted by Crippen LogP contribution is -2.33. The molecule has 0 aliphatic carbocycles. The number of ketones is 1. The van der Waals surface area contributed by atoms with E-state index in [9.17, 15) is 19.3 Å². The van der Waals surface area contributed by atoms with E-state index >= 15 is 0 Å². The molecule has 0 radical (unpaired) electrons. The number of aromatic hydroxyl groups is 1. The third-order valence-electron chi connectivity index (χ3n) is 4.20. The smallest absolute Gasteiger partial charge is 0.469 e. The van der Waals surface area contributed by atoms with Gasteiger partial charge in [-0.05, 0) is 26.7 Å². The Morgan fingerprint density at radius 3 is 2.50 bits per heavy atom. The van der Waals surface area contributed by atoms with Gasteiger partial charge < -0.3 is 25.3 Å². The molecule has 28 heavy (non-hydrogen) atoms. The van der Waals surface area contributed by atoms with Crippen molar-refractivity contribution in [1.82, 2.24) is 10.3 Å². The standard InChI is InChI=1S/C17H27N2O8P/c1-11(15(20)6-4-3-5-7-16(21)22)19-9-14-13(10-27-28(24,25)26)8-18-12(2)17(14)23/h8,11,19,23H,3-7,9-10H2,1-2H3,(H,21,22)(H2,24,25,26)/t11-/m0/s1. The SMILES string of the molecule is Cc1ncc(COP(=O)(O)O)c(CN[C@@H](C)C(=O)CCCCCC(=O)O)c1O. The molecular formula is C17H27N2O8P. The fourth-order valence-corrected chi connectivity index (χ4v) is 2.80. The van der Waals surface area contributed by atoms with Crippen LogP contribution >= 0.6 is 7.82 Å². The van der Waals surface area contributed by atoms with E-state index in [0.29, 0.717) is 42.5 Å². The number of aliphatic carboxylic acids is 1. The first-order chi connectivity index (χ1) is 13.0. The van der Waals surface area contributed by atoms with Gasteiger partial charge in [-0.3, -0.25) is 19.1 Å². The van der Waals surface area contributed by atoms with E-state index in [0.717, 1.165) is 0 Å². The van der Waals surface area contributed by atoms with E-state index in [1.165, 1.54) is 6.20 Å². The lowest BCUT2D eigenvalue weighted by atomic mass is 10.0. The summed E-state index contributed by atoms with van der Waals surface area (Å²) in [4.78, 5) is 44.3. The second-order valence-electron chi connectivity index (χ2n) is 6.48. The van der Waals surface area contributed by atoms with E-state index < -0.39 is 26.4 Å². The Kier molecular flexibility index (Phi) is 9.71. The molecule has 1 atom stereocenters. The number of nitrogens with one attached hydrogen (secondary N) is 1. The first kappa shape index (κ1) is 24.2. The Morgan fingerprint density at radius 1 is 1.25 bits per heavy atom. The van der Waals surface area contributed by atoms with Crippen LogP contribution in [0.4, 0.5) is 0 Å². The Balaban J connectivity index is 2.62. The molecule has 158 valence electrons. The summed E-state index contributed by atoms with van der Waals surface area (Å²) in [5.41, 5.74) is 0.989. The van der Waals surface area contributed by atoms with Crippen LogP contribution in [0.2, 0.25) is 0 Å². The molecule has 10 nitrogen and oxygen atoms in total. The lowest BCUT2D eigenvalue weighted by molar-refractivity contribution is -0.137. The summed E-state index contributed by atoms with van der Waals surface area (Å²) >= 11 is 0. The summed E-state index contributed by atoms with van der Waals surface area (Å²) in [5, 5.41) is 21.8. The molecule has 0 spiro atoms. The quantitative estimate of drug-likeness (QED) is 0.235. The first-order valence-electron chi connectivity index (χ1n) is 8.85. The number of carboxylic acids is 1. The zero-order chi connectivity index (χ0) is 21.3. The Labute approximate surface area is 163 Å². The fraction of sp³-hybridized carbons (Fsp3) is 0.588. The van der Waals surface area contributed by atoms with Gasteiger partial charge in [0, 0.05) is 36.7 Å². The maximum Gasteiger partial charge on any atom is 0.469 e. The predicted molar refractivity (Wildman–Crippen MR) is 99.5 cm³/mol. The van der Waals surface area contributed by atoms with Crippen molar-refractivity contribution in [2.24, 2.45) is 0 Å². The third-order valence-corrected chi connectivity index (χ3v) is 4.67. The number of pyridine rings is 1. The highest BCUT2D eigenvalue weighted by Crippen LogP contribution is 2.38. The molecule has 0 aliphatic rings. The molecule has 0 fully saturated rings. The highest BCUT2D eigenvalue weighted by atomic mass is 31.2. The summed E-state index contributed by atoms with van der Waals surface area (Å²) in [7, 11) is -4.68. The number of aryl methyl sites for hydroxylation is 1. The number of carbonyl (C=O) groups excluding carboxylic acids is 1. The molecule has 1 aromatic rings. The van der Waals surface area contributed by atoms with Gasteiger partial charge in [0.15, 0.2) is 0 Å². The molecule has 0 saturated heterocycles. The van der Waals surface area contributed by atoms with E-state index in [2.05, 4.69) is 14.8 Å². The summed E-state index contributed by atoms with van der Waals surface area (Å²) in [6.07, 6.45) is 3.53. The molecule has 11 heteroatoms. The number of phosphoric acid groups is 1. The van der Waals surface area contributed by atoms with Gasteiger partial charge in [-0.25, -0.2) is 4.57 Å². The molecule has 0 unspecified atom stereocenters. The van der Waals surface area contributed by atoms with E-state index in [1.807, 2.05) is 0 Å². The number of nitrogens with zero attached hydrogens (tertiary/aromatic N) is 1. The Morgan fingerprint density at radius 2 is 1.89 bits per heavy atom. The summed E-state index contributed by atoms with van der Waals surface area (Å²) in [6.45, 7) is 2.91. The number of aromatic nitrogens is 1. The van der Waals surface area contributed by atoms with Gasteiger partial charge in [0.25, 0.3) is 0 Å². The maximum atomic E-state index is 12.2. The normalized spacial score (nSPS) is 12.7. The van der Waals surface area contributed by atoms with Gasteiger partial charge in [0.2, 0.25) is 0 Å². The van der Waals surface area contributed by atoms with Crippen LogP contribution in [0.1, 0.15) is 55.8 Å². The molecule has 0 aliphatic heterocycles. The molecule has 1 rings (SSSR count). The van der Waals surface area contributed by atoms with Crippen LogP contribution in [0, 0.1) is 6.92 Å². The molecule has 0 amide bonds. The van der Waals surface area contributed by atoms with Crippen molar-refractivity contribution in [3.05, 3.63) is 23.0 Å². The number of hydrogen-bond donors (Lipinski definition) is 5. The Bertz CT molecular complexity index is 734. The minimum absolute atomic E-state index is 0.0476. The van der Waals surface area contributed by atoms with Crippen molar-refractivity contribution < 1.29 is 38.7 Å². The summed E-state index contributed by atoms with van der Waals surface area (Å²) in [5.74, 6) is -1.03. The second-order valence-corrected chi connectivity index (χ2v) is 7.72. The number of Topliss-reactive ketones (excluding diaryl/α,β-unsaturated/α-hetero) is 1. The monoisotopic (exact) mass is 418 g/mol. The third kappa shape index (κ3) is 8.90. The number of carboxylic acid groups (broad SMARTS) is 1. The van der Waals surface area contributed by atoms with Crippen molar-refractivity contribution in [3.63, 3.8) is 0 Å². The average molecular weight is 418 g/mol. The second kappa shape index (κ2) is 11.2. The molecule has 0 bridgehead atoms. The number of hydrogen-bond acceptors (Lipinski definition) is 7. The van der Waals surface area contributed by atoms with Crippen molar-refractivity contribution in [3.8, 4) is 5.75 Å². The average Bonchev–Trinajstić information content (AvgIpc) is 2.60. The maximum absolute atomic E-state index is 12.2. The van der Waals surface area contributed by atoms with Crippen LogP contribution in [0.25, 0.3) is 0 Å². The van der Waals surface area contributed by atoms with Gasteiger partial charge in [-0.2, -0.15) is 0 Å². The zero-order valence-corrected chi connectivity index (χ0v) is 16.8. The number of phosphoric ester groups is 1. The van der Waals surface area contributed by atoms with Gasteiger partial charge in [0.05, 0.1) is 18.3 Å². The largest absolute Gasteiger partial charge is 0.506 e. The predicted octanol–water partition coefficient (Wildman–Crippen LogP) is 1.79. The molecule has 1 heterocycles. The van der Waals surface area contributed by atoms with Gasteiger partial charge >= 0.3 is 13.8 Å². The molecular weight excluding hydrogens is 391 g/mol. The van der Waals surface area contributed by atoms with Crippen molar-refractivity contribution in [2.75, 3.05) is 0 Å². The fourth-order valence-electron chi connectivity index (χ4n) is 2.50. The Hall–Kier alpha value is -1.84. The van der Waals surface area contributed by atoms with Crippen molar-refractivity contribution in [2.45, 2.75) is 65.1 Å². The van der Waals surface area contributed by atoms with Crippen LogP contribution in [-0.2, 0) is 31.8 Å². The summed E-state index contributed by atoms with van der Waals surface area (Å²) < 4.78 is 15.4. The minimum atomic E-state index is -4.68. The van der Waals surface area contributed by atoms with Gasteiger partial charge in [-0.15, -0.1) is 0 Å². The van der Waals surface area contributed by atoms with E-state index in [4.69, 9.17) is 14.9 Å². The van der Waals surface area contributed by atoms with Crippen LogP contribution in [0.3, 0.4) is 0 Å². The first-order valence-corrected chi connectivity index (χ1v) is 10.4. The van der Waals surface area contributed by atoms with Crippen LogP contribution in [-0.4, -0.2) is 42.8 Å². The molecule has 5 N–H and O–H groups in total. The molecule has 1 aromatic heterocycles. The van der Waals surface area contributed by atoms with E-state index in [1.54, 1.807) is 13.8 Å². The number of unbranched alkanes of at least 4 members (excludes halogenated alkanes) is 2. The van der Waals surface area contributed by atoms with Gasteiger partial charge in [-0.1, -0.05) is 6.42 Å². The zero-order valence-electron chi connectivity index (χ0n) is 15.9. The van der Waals surface area contributed by atoms with Crippen molar-refractivity contribution in [1.29, 1.82) is 0 Å². The van der Waals surface area contributed by atoms with Crippen LogP contribution in [0.15, 0.2) is 6.20 Å².